The molecule has 6 nitrogen and oxygen atoms in total. The first kappa shape index (κ1) is 20.6. The number of halogens is 1. The summed E-state index contributed by atoms with van der Waals surface area (Å²) in [4.78, 5) is 23.4. The van der Waals surface area contributed by atoms with Crippen molar-refractivity contribution in [3.05, 3.63) is 64.7 Å². The predicted molar refractivity (Wildman–Crippen MR) is 102 cm³/mol. The standard InChI is InChI=1S/C20H22ClNO5/c1-25-18-11-7-16(8-12-18)19(23)26-14-27-20(24)22-13-3-2-4-15-5-9-17(21)10-6-15/h5-12H,2-4,13-14H2,1H3,(H,22,24). The van der Waals surface area contributed by atoms with E-state index in [4.69, 9.17) is 25.8 Å². The molecular weight excluding hydrogens is 370 g/mol. The highest BCUT2D eigenvalue weighted by molar-refractivity contribution is 6.30. The smallest absolute Gasteiger partial charge is 0.410 e. The molecule has 0 heterocycles. The zero-order valence-corrected chi connectivity index (χ0v) is 15.8. The van der Waals surface area contributed by atoms with Gasteiger partial charge in [-0.3, -0.25) is 0 Å². The number of hydrogen-bond acceptors (Lipinski definition) is 5. The van der Waals surface area contributed by atoms with E-state index in [1.807, 2.05) is 24.3 Å². The second-order valence-corrected chi connectivity index (χ2v) is 6.16. The lowest BCUT2D eigenvalue weighted by Gasteiger charge is -2.08. The summed E-state index contributed by atoms with van der Waals surface area (Å²) >= 11 is 5.84. The minimum Gasteiger partial charge on any atom is -0.497 e. The zero-order valence-electron chi connectivity index (χ0n) is 15.1. The zero-order chi connectivity index (χ0) is 19.5. The summed E-state index contributed by atoms with van der Waals surface area (Å²) in [6.45, 7) is 0.0420. The van der Waals surface area contributed by atoms with Crippen molar-refractivity contribution >= 4 is 23.7 Å². The first-order valence-corrected chi connectivity index (χ1v) is 8.92. The summed E-state index contributed by atoms with van der Waals surface area (Å²) in [5.74, 6) is 0.0617. The second kappa shape index (κ2) is 11.1. The molecule has 0 saturated carbocycles. The average Bonchev–Trinajstić information content (AvgIpc) is 2.69. The van der Waals surface area contributed by atoms with Crippen LogP contribution in [0, 0.1) is 0 Å². The fourth-order valence-corrected chi connectivity index (χ4v) is 2.42. The van der Waals surface area contributed by atoms with Crippen LogP contribution in [0.5, 0.6) is 5.75 Å². The second-order valence-electron chi connectivity index (χ2n) is 5.72. The number of alkyl carbamates (subject to hydrolysis) is 1. The van der Waals surface area contributed by atoms with Gasteiger partial charge in [-0.2, -0.15) is 0 Å². The topological polar surface area (TPSA) is 73.9 Å². The third kappa shape index (κ3) is 7.58. The third-order valence-corrected chi connectivity index (χ3v) is 4.03. The molecule has 27 heavy (non-hydrogen) atoms. The van der Waals surface area contributed by atoms with Gasteiger partial charge in [-0.05, 0) is 61.2 Å². The van der Waals surface area contributed by atoms with E-state index in [1.54, 1.807) is 24.3 Å². The average molecular weight is 392 g/mol. The highest BCUT2D eigenvalue weighted by Crippen LogP contribution is 2.12. The van der Waals surface area contributed by atoms with Crippen LogP contribution in [0.15, 0.2) is 48.5 Å². The van der Waals surface area contributed by atoms with Crippen molar-refractivity contribution in [1.82, 2.24) is 5.32 Å². The molecule has 0 unspecified atom stereocenters. The van der Waals surface area contributed by atoms with E-state index in [9.17, 15) is 9.59 Å². The van der Waals surface area contributed by atoms with Gasteiger partial charge in [-0.15, -0.1) is 0 Å². The predicted octanol–water partition coefficient (Wildman–Crippen LogP) is 4.21. The quantitative estimate of drug-likeness (QED) is 0.393. The van der Waals surface area contributed by atoms with Gasteiger partial charge in [-0.1, -0.05) is 23.7 Å². The van der Waals surface area contributed by atoms with Crippen molar-refractivity contribution in [2.24, 2.45) is 0 Å². The van der Waals surface area contributed by atoms with Gasteiger partial charge in [0.1, 0.15) is 5.75 Å². The van der Waals surface area contributed by atoms with Crippen molar-refractivity contribution in [2.45, 2.75) is 19.3 Å². The summed E-state index contributed by atoms with van der Waals surface area (Å²) in [5, 5.41) is 3.33. The molecule has 0 aromatic heterocycles. The molecule has 0 bridgehead atoms. The molecule has 0 saturated heterocycles. The Kier molecular flexibility index (Phi) is 8.45. The Balaban J connectivity index is 1.55. The van der Waals surface area contributed by atoms with Crippen LogP contribution in [-0.2, 0) is 15.9 Å². The molecule has 2 rings (SSSR count). The lowest BCUT2D eigenvalue weighted by molar-refractivity contribution is -0.00226. The van der Waals surface area contributed by atoms with E-state index in [1.165, 1.54) is 12.7 Å². The van der Waals surface area contributed by atoms with Crippen LogP contribution in [0.4, 0.5) is 4.79 Å². The fraction of sp³-hybridized carbons (Fsp3) is 0.300. The molecule has 2 aromatic rings. The normalized spacial score (nSPS) is 10.1. The molecule has 1 amide bonds. The van der Waals surface area contributed by atoms with Crippen molar-refractivity contribution < 1.29 is 23.8 Å². The maximum Gasteiger partial charge on any atom is 0.410 e. The fourth-order valence-electron chi connectivity index (χ4n) is 2.29. The minimum atomic E-state index is -0.621. The van der Waals surface area contributed by atoms with Crippen LogP contribution < -0.4 is 10.1 Å². The van der Waals surface area contributed by atoms with Gasteiger partial charge in [0.25, 0.3) is 0 Å². The SMILES string of the molecule is COc1ccc(C(=O)OCOC(=O)NCCCCc2ccc(Cl)cc2)cc1. The number of nitrogens with one attached hydrogen (secondary N) is 1. The first-order valence-electron chi connectivity index (χ1n) is 8.55. The Labute approximate surface area is 163 Å². The molecule has 1 N–H and O–H groups in total. The summed E-state index contributed by atoms with van der Waals surface area (Å²) in [6.07, 6.45) is 2.02. The number of rotatable bonds is 9. The summed E-state index contributed by atoms with van der Waals surface area (Å²) in [6, 6.07) is 14.1. The highest BCUT2D eigenvalue weighted by atomic mass is 35.5. The number of carbonyl (C=O) groups excluding carboxylic acids is 2. The number of esters is 1. The van der Waals surface area contributed by atoms with Crippen molar-refractivity contribution in [2.75, 3.05) is 20.4 Å². The number of ether oxygens (including phenoxy) is 3. The van der Waals surface area contributed by atoms with Crippen molar-refractivity contribution in [3.8, 4) is 5.75 Å². The molecule has 2 aromatic carbocycles. The number of aryl methyl sites for hydroxylation is 1. The van der Waals surface area contributed by atoms with Crippen LogP contribution in [0.3, 0.4) is 0 Å². The minimum absolute atomic E-state index is 0.349. The molecule has 144 valence electrons. The number of unbranched alkanes of at least 4 members (excludes halogenated alkanes) is 1. The number of benzene rings is 2. The van der Waals surface area contributed by atoms with Crippen LogP contribution in [-0.4, -0.2) is 32.5 Å². The van der Waals surface area contributed by atoms with E-state index in [-0.39, 0.29) is 0 Å². The van der Waals surface area contributed by atoms with E-state index in [0.717, 1.165) is 24.3 Å². The molecule has 0 aliphatic heterocycles. The van der Waals surface area contributed by atoms with E-state index in [2.05, 4.69) is 5.32 Å². The molecule has 0 radical (unpaired) electrons. The Morgan fingerprint density at radius 2 is 1.67 bits per heavy atom. The van der Waals surface area contributed by atoms with Crippen LogP contribution in [0.1, 0.15) is 28.8 Å². The van der Waals surface area contributed by atoms with Crippen LogP contribution >= 0.6 is 11.6 Å². The van der Waals surface area contributed by atoms with Gasteiger partial charge in [0.2, 0.25) is 6.79 Å². The van der Waals surface area contributed by atoms with Gasteiger partial charge in [0.15, 0.2) is 0 Å². The Bertz CT molecular complexity index is 731. The maximum absolute atomic E-state index is 11.8. The van der Waals surface area contributed by atoms with Gasteiger partial charge in [0, 0.05) is 11.6 Å². The molecule has 7 heteroatoms. The summed E-state index contributed by atoms with van der Waals surface area (Å²) < 4.78 is 14.7. The van der Waals surface area contributed by atoms with E-state index >= 15 is 0 Å². The molecule has 0 aliphatic carbocycles. The van der Waals surface area contributed by atoms with Crippen molar-refractivity contribution in [3.63, 3.8) is 0 Å². The number of amides is 1. The summed E-state index contributed by atoms with van der Waals surface area (Å²) in [5.41, 5.74) is 1.55. The van der Waals surface area contributed by atoms with Crippen molar-refractivity contribution in [1.29, 1.82) is 0 Å². The molecular formula is C20H22ClNO5. The van der Waals surface area contributed by atoms with Gasteiger partial charge < -0.3 is 19.5 Å². The number of carbonyl (C=O) groups is 2. The van der Waals surface area contributed by atoms with Crippen LogP contribution in [0.25, 0.3) is 0 Å². The van der Waals surface area contributed by atoms with Gasteiger partial charge >= 0.3 is 12.1 Å². The number of hydrogen-bond donors (Lipinski definition) is 1. The monoisotopic (exact) mass is 391 g/mol. The lowest BCUT2D eigenvalue weighted by atomic mass is 10.1. The molecule has 0 fully saturated rings. The molecule has 0 aliphatic rings. The maximum atomic E-state index is 11.8. The largest absolute Gasteiger partial charge is 0.497 e. The molecule has 0 atom stereocenters. The Hall–Kier alpha value is -2.73. The lowest BCUT2D eigenvalue weighted by Crippen LogP contribution is -2.26. The van der Waals surface area contributed by atoms with Gasteiger partial charge in [0.05, 0.1) is 12.7 Å². The van der Waals surface area contributed by atoms with E-state index < -0.39 is 18.9 Å². The third-order valence-electron chi connectivity index (χ3n) is 3.78. The van der Waals surface area contributed by atoms with Crippen LogP contribution in [0.2, 0.25) is 5.02 Å². The first-order chi connectivity index (χ1) is 13.1. The number of methoxy groups -OCH3 is 1. The van der Waals surface area contributed by atoms with E-state index in [0.29, 0.717) is 17.9 Å². The van der Waals surface area contributed by atoms with Gasteiger partial charge in [-0.25, -0.2) is 9.59 Å². The Morgan fingerprint density at radius 1 is 0.963 bits per heavy atom. The molecule has 0 spiro atoms. The Morgan fingerprint density at radius 3 is 2.33 bits per heavy atom. The highest BCUT2D eigenvalue weighted by Gasteiger charge is 2.08. The summed E-state index contributed by atoms with van der Waals surface area (Å²) in [7, 11) is 1.54.